The molecule has 0 aliphatic heterocycles. The van der Waals surface area contributed by atoms with E-state index in [2.05, 4.69) is 4.98 Å². The summed E-state index contributed by atoms with van der Waals surface area (Å²) < 4.78 is 6.91. The highest BCUT2D eigenvalue weighted by Crippen LogP contribution is 2.35. The summed E-state index contributed by atoms with van der Waals surface area (Å²) in [7, 11) is 0. The SMILES string of the molecule is CCOC(=O)c1c(N)n2c3cc(Cl)c(Cl)cc3nc2c2ccccc12. The van der Waals surface area contributed by atoms with Crippen LogP contribution < -0.4 is 5.73 Å². The van der Waals surface area contributed by atoms with Gasteiger partial charge in [0.05, 0.1) is 27.7 Å². The number of ether oxygens (including phenoxy) is 1. The summed E-state index contributed by atoms with van der Waals surface area (Å²) in [5.41, 5.74) is 8.63. The van der Waals surface area contributed by atoms with E-state index in [1.165, 1.54) is 0 Å². The molecule has 25 heavy (non-hydrogen) atoms. The summed E-state index contributed by atoms with van der Waals surface area (Å²) in [6.45, 7) is 2.01. The van der Waals surface area contributed by atoms with Crippen LogP contribution in [0.15, 0.2) is 36.4 Å². The van der Waals surface area contributed by atoms with Crippen molar-refractivity contribution >= 4 is 62.4 Å². The first-order valence-electron chi connectivity index (χ1n) is 7.67. The van der Waals surface area contributed by atoms with E-state index in [0.717, 1.165) is 5.39 Å². The fourth-order valence-electron chi connectivity index (χ4n) is 3.06. The zero-order valence-electron chi connectivity index (χ0n) is 13.2. The molecule has 0 aliphatic rings. The van der Waals surface area contributed by atoms with Gasteiger partial charge in [-0.15, -0.1) is 0 Å². The Bertz CT molecular complexity index is 1170. The molecule has 0 spiro atoms. The lowest BCUT2D eigenvalue weighted by molar-refractivity contribution is 0.0529. The average Bonchev–Trinajstić information content (AvgIpc) is 2.94. The Hall–Kier alpha value is -2.50. The Morgan fingerprint density at radius 2 is 1.88 bits per heavy atom. The number of aromatic nitrogens is 2. The third-order valence-corrected chi connectivity index (χ3v) is 4.83. The smallest absolute Gasteiger partial charge is 0.342 e. The van der Waals surface area contributed by atoms with Gasteiger partial charge in [-0.1, -0.05) is 47.5 Å². The van der Waals surface area contributed by atoms with Crippen LogP contribution in [0.5, 0.6) is 0 Å². The second kappa shape index (κ2) is 5.79. The summed E-state index contributed by atoms with van der Waals surface area (Å²) in [6.07, 6.45) is 0. The minimum absolute atomic E-state index is 0.257. The van der Waals surface area contributed by atoms with Crippen LogP contribution in [0.1, 0.15) is 17.3 Å². The molecular formula is C18H13Cl2N3O2. The zero-order valence-corrected chi connectivity index (χ0v) is 14.7. The molecule has 0 atom stereocenters. The minimum atomic E-state index is -0.472. The normalized spacial score (nSPS) is 11.5. The van der Waals surface area contributed by atoms with Crippen LogP contribution in [0.2, 0.25) is 10.0 Å². The van der Waals surface area contributed by atoms with E-state index in [0.29, 0.717) is 37.7 Å². The Kier molecular flexibility index (Phi) is 3.71. The number of pyridine rings is 1. The molecule has 2 aromatic carbocycles. The van der Waals surface area contributed by atoms with Crippen LogP contribution >= 0.6 is 23.2 Å². The predicted molar refractivity (Wildman–Crippen MR) is 101 cm³/mol. The van der Waals surface area contributed by atoms with Gasteiger partial charge in [-0.05, 0) is 19.1 Å². The van der Waals surface area contributed by atoms with E-state index in [1.807, 2.05) is 24.3 Å². The van der Waals surface area contributed by atoms with Gasteiger partial charge in [0.25, 0.3) is 0 Å². The first-order chi connectivity index (χ1) is 12.0. The van der Waals surface area contributed by atoms with Crippen molar-refractivity contribution in [1.82, 2.24) is 9.38 Å². The van der Waals surface area contributed by atoms with E-state index >= 15 is 0 Å². The molecule has 2 aromatic heterocycles. The van der Waals surface area contributed by atoms with Gasteiger partial charge in [0.15, 0.2) is 0 Å². The Balaban J connectivity index is 2.24. The van der Waals surface area contributed by atoms with Crippen LogP contribution in [0.3, 0.4) is 0 Å². The Morgan fingerprint density at radius 3 is 2.60 bits per heavy atom. The first kappa shape index (κ1) is 16.0. The number of nitrogens with zero attached hydrogens (tertiary/aromatic N) is 2. The zero-order chi connectivity index (χ0) is 17.7. The van der Waals surface area contributed by atoms with Crippen LogP contribution in [0.4, 0.5) is 5.82 Å². The molecule has 0 saturated carbocycles. The predicted octanol–water partition coefficient (Wildman–Crippen LogP) is 4.71. The molecule has 2 N–H and O–H groups in total. The quantitative estimate of drug-likeness (QED) is 0.516. The second-order valence-corrected chi connectivity index (χ2v) is 6.37. The number of esters is 1. The number of fused-ring (bicyclic) bond motifs is 5. The van der Waals surface area contributed by atoms with Gasteiger partial charge in [0, 0.05) is 10.8 Å². The van der Waals surface area contributed by atoms with E-state index in [-0.39, 0.29) is 12.4 Å². The number of hydrogen-bond acceptors (Lipinski definition) is 4. The second-order valence-electron chi connectivity index (χ2n) is 5.55. The third-order valence-electron chi connectivity index (χ3n) is 4.11. The third kappa shape index (κ3) is 2.31. The monoisotopic (exact) mass is 373 g/mol. The van der Waals surface area contributed by atoms with Gasteiger partial charge in [-0.2, -0.15) is 0 Å². The van der Waals surface area contributed by atoms with Crippen LogP contribution in [-0.2, 0) is 4.74 Å². The number of carbonyl (C=O) groups is 1. The lowest BCUT2D eigenvalue weighted by Crippen LogP contribution is -2.12. The van der Waals surface area contributed by atoms with Crippen LogP contribution in [0, 0.1) is 0 Å². The lowest BCUT2D eigenvalue weighted by atomic mass is 10.1. The first-order valence-corrected chi connectivity index (χ1v) is 8.43. The van der Waals surface area contributed by atoms with Gasteiger partial charge in [0.2, 0.25) is 0 Å². The highest BCUT2D eigenvalue weighted by Gasteiger charge is 2.22. The molecule has 5 nitrogen and oxygen atoms in total. The Labute approximate surface area is 152 Å². The number of anilines is 1. The number of benzene rings is 2. The van der Waals surface area contributed by atoms with Gasteiger partial charge in [-0.3, -0.25) is 4.40 Å². The molecule has 0 saturated heterocycles. The molecule has 4 rings (SSSR count). The summed E-state index contributed by atoms with van der Waals surface area (Å²) >= 11 is 12.3. The average molecular weight is 374 g/mol. The topological polar surface area (TPSA) is 69.6 Å². The highest BCUT2D eigenvalue weighted by atomic mass is 35.5. The van der Waals surface area contributed by atoms with Crippen molar-refractivity contribution < 1.29 is 9.53 Å². The highest BCUT2D eigenvalue weighted by molar-refractivity contribution is 6.42. The Morgan fingerprint density at radius 1 is 1.20 bits per heavy atom. The van der Waals surface area contributed by atoms with Gasteiger partial charge in [0.1, 0.15) is 17.0 Å². The van der Waals surface area contributed by atoms with Crippen molar-refractivity contribution in [2.75, 3.05) is 12.3 Å². The van der Waals surface area contributed by atoms with E-state index in [1.54, 1.807) is 23.5 Å². The molecule has 0 radical (unpaired) electrons. The molecule has 4 aromatic rings. The number of imidazole rings is 1. The number of nitrogen functional groups attached to an aromatic ring is 1. The molecule has 0 aliphatic carbocycles. The molecule has 7 heteroatoms. The van der Waals surface area contributed by atoms with E-state index in [4.69, 9.17) is 33.7 Å². The van der Waals surface area contributed by atoms with Crippen LogP contribution in [-0.4, -0.2) is 22.0 Å². The standard InChI is InChI=1S/C18H13Cl2N3O2/c1-2-25-18(24)15-9-5-3-4-6-10(9)17-22-13-7-11(19)12(20)8-14(13)23(17)16(15)21/h3-8H,2,21H2,1H3. The van der Waals surface area contributed by atoms with Gasteiger partial charge >= 0.3 is 5.97 Å². The largest absolute Gasteiger partial charge is 0.462 e. The van der Waals surface area contributed by atoms with Crippen molar-refractivity contribution in [2.24, 2.45) is 0 Å². The van der Waals surface area contributed by atoms with Gasteiger partial charge < -0.3 is 10.5 Å². The molecule has 2 heterocycles. The summed E-state index contributed by atoms with van der Waals surface area (Å²) in [5.74, 6) is -0.215. The minimum Gasteiger partial charge on any atom is -0.462 e. The van der Waals surface area contributed by atoms with E-state index < -0.39 is 5.97 Å². The van der Waals surface area contributed by atoms with Gasteiger partial charge in [-0.25, -0.2) is 9.78 Å². The maximum Gasteiger partial charge on any atom is 0.342 e. The molecule has 126 valence electrons. The van der Waals surface area contributed by atoms with Crippen molar-refractivity contribution in [3.8, 4) is 0 Å². The van der Waals surface area contributed by atoms with E-state index in [9.17, 15) is 4.79 Å². The van der Waals surface area contributed by atoms with Crippen molar-refractivity contribution in [2.45, 2.75) is 6.92 Å². The number of hydrogen-bond donors (Lipinski definition) is 1. The number of halogens is 2. The maximum atomic E-state index is 12.5. The number of nitrogens with two attached hydrogens (primary N) is 1. The fraction of sp³-hybridized carbons (Fsp3) is 0.111. The van der Waals surface area contributed by atoms with Crippen molar-refractivity contribution in [3.63, 3.8) is 0 Å². The number of carbonyl (C=O) groups excluding carboxylic acids is 1. The lowest BCUT2D eigenvalue weighted by Gasteiger charge is -2.12. The number of rotatable bonds is 2. The molecule has 0 fully saturated rings. The summed E-state index contributed by atoms with van der Waals surface area (Å²) in [4.78, 5) is 17.2. The molecule has 0 amide bonds. The maximum absolute atomic E-state index is 12.5. The summed E-state index contributed by atoms with van der Waals surface area (Å²) in [6, 6.07) is 10.8. The molecule has 0 bridgehead atoms. The summed E-state index contributed by atoms with van der Waals surface area (Å²) in [5, 5.41) is 2.29. The van der Waals surface area contributed by atoms with Crippen molar-refractivity contribution in [1.29, 1.82) is 0 Å². The fourth-order valence-corrected chi connectivity index (χ4v) is 3.38. The molecular weight excluding hydrogens is 361 g/mol. The van der Waals surface area contributed by atoms with Crippen LogP contribution in [0.25, 0.3) is 27.5 Å². The molecule has 0 unspecified atom stereocenters. The van der Waals surface area contributed by atoms with Crippen molar-refractivity contribution in [3.05, 3.63) is 52.0 Å².